The molecule has 0 bridgehead atoms. The van der Waals surface area contributed by atoms with E-state index < -0.39 is 10.0 Å². The number of hydrogen-bond acceptors (Lipinski definition) is 3. The Balaban J connectivity index is 2.42. The molecule has 0 spiro atoms. The van der Waals surface area contributed by atoms with E-state index in [-0.39, 0.29) is 10.8 Å². The first-order chi connectivity index (χ1) is 12.2. The van der Waals surface area contributed by atoms with Crippen LogP contribution in [-0.2, 0) is 10.0 Å². The maximum atomic E-state index is 12.8. The van der Waals surface area contributed by atoms with Gasteiger partial charge in [-0.2, -0.15) is 4.31 Å². The van der Waals surface area contributed by atoms with Gasteiger partial charge in [-0.1, -0.05) is 31.5 Å². The first kappa shape index (κ1) is 20.1. The Morgan fingerprint density at radius 2 is 1.58 bits per heavy atom. The maximum Gasteiger partial charge on any atom is 0.255 e. The van der Waals surface area contributed by atoms with Gasteiger partial charge in [0, 0.05) is 24.3 Å². The number of carbonyl (C=O) groups is 1. The Hall–Kier alpha value is -2.18. The van der Waals surface area contributed by atoms with Crippen LogP contribution in [0.5, 0.6) is 0 Å². The highest BCUT2D eigenvalue weighted by Crippen LogP contribution is 2.26. The summed E-state index contributed by atoms with van der Waals surface area (Å²) in [4.78, 5) is 12.7. The number of carbonyl (C=O) groups excluding carboxylic acids is 1. The molecule has 0 aliphatic heterocycles. The number of aryl methyl sites for hydroxylation is 2. The van der Waals surface area contributed by atoms with Crippen molar-refractivity contribution >= 4 is 21.6 Å². The molecule has 0 saturated carbocycles. The van der Waals surface area contributed by atoms with E-state index in [2.05, 4.69) is 5.32 Å². The van der Waals surface area contributed by atoms with Gasteiger partial charge in [0.2, 0.25) is 10.0 Å². The molecule has 1 N–H and O–H groups in total. The second-order valence-corrected chi connectivity index (χ2v) is 8.26. The first-order valence-corrected chi connectivity index (χ1v) is 10.1. The minimum Gasteiger partial charge on any atom is -0.322 e. The van der Waals surface area contributed by atoms with E-state index in [9.17, 15) is 13.2 Å². The van der Waals surface area contributed by atoms with Crippen LogP contribution in [0.4, 0.5) is 5.69 Å². The quantitative estimate of drug-likeness (QED) is 0.834. The third kappa shape index (κ3) is 4.14. The highest BCUT2D eigenvalue weighted by atomic mass is 32.2. The first-order valence-electron chi connectivity index (χ1n) is 8.70. The van der Waals surface area contributed by atoms with Crippen molar-refractivity contribution in [2.24, 2.45) is 0 Å². The largest absolute Gasteiger partial charge is 0.322 e. The highest BCUT2D eigenvalue weighted by molar-refractivity contribution is 7.89. The molecule has 0 aromatic heterocycles. The zero-order chi connectivity index (χ0) is 19.5. The lowest BCUT2D eigenvalue weighted by atomic mass is 10.1. The molecule has 5 nitrogen and oxygen atoms in total. The minimum atomic E-state index is -3.59. The Kier molecular flexibility index (Phi) is 6.21. The van der Waals surface area contributed by atoms with Gasteiger partial charge in [-0.15, -0.1) is 0 Å². The van der Waals surface area contributed by atoms with E-state index in [0.29, 0.717) is 24.3 Å². The lowest BCUT2D eigenvalue weighted by molar-refractivity contribution is 0.102. The normalized spacial score (nSPS) is 11.6. The van der Waals surface area contributed by atoms with Crippen molar-refractivity contribution in [2.75, 3.05) is 18.4 Å². The molecule has 6 heteroatoms. The molecule has 2 rings (SSSR count). The van der Waals surface area contributed by atoms with Gasteiger partial charge in [-0.05, 0) is 56.2 Å². The van der Waals surface area contributed by atoms with E-state index in [1.54, 1.807) is 24.3 Å². The summed E-state index contributed by atoms with van der Waals surface area (Å²) in [6.45, 7) is 10.1. The predicted molar refractivity (Wildman–Crippen MR) is 105 cm³/mol. The minimum absolute atomic E-state index is 0.198. The molecular weight excluding hydrogens is 348 g/mol. The number of anilines is 1. The van der Waals surface area contributed by atoms with E-state index in [1.807, 2.05) is 46.8 Å². The lowest BCUT2D eigenvalue weighted by Crippen LogP contribution is -2.30. The van der Waals surface area contributed by atoms with Crippen LogP contribution in [0.15, 0.2) is 41.3 Å². The van der Waals surface area contributed by atoms with Crippen LogP contribution < -0.4 is 5.32 Å². The van der Waals surface area contributed by atoms with Gasteiger partial charge >= 0.3 is 0 Å². The van der Waals surface area contributed by atoms with Gasteiger partial charge in [-0.25, -0.2) is 8.42 Å². The van der Waals surface area contributed by atoms with Crippen LogP contribution in [0.2, 0.25) is 0 Å². The van der Waals surface area contributed by atoms with Crippen LogP contribution in [-0.4, -0.2) is 31.7 Å². The molecule has 0 aliphatic carbocycles. The van der Waals surface area contributed by atoms with Crippen molar-refractivity contribution in [1.29, 1.82) is 0 Å². The van der Waals surface area contributed by atoms with Crippen LogP contribution >= 0.6 is 0 Å². The molecule has 140 valence electrons. The van der Waals surface area contributed by atoms with Crippen LogP contribution in [0.25, 0.3) is 0 Å². The van der Waals surface area contributed by atoms with Gasteiger partial charge < -0.3 is 5.32 Å². The standard InChI is InChI=1S/C20H26N2O3S/c1-6-22(7-2)26(24,25)18-12-15(4)16(5)19(13-18)21-20(23)17-10-8-14(3)9-11-17/h8-13H,6-7H2,1-5H3,(H,21,23). The highest BCUT2D eigenvalue weighted by Gasteiger charge is 2.23. The smallest absolute Gasteiger partial charge is 0.255 e. The summed E-state index contributed by atoms with van der Waals surface area (Å²) in [5.41, 5.74) is 3.79. The van der Waals surface area contributed by atoms with E-state index in [4.69, 9.17) is 0 Å². The zero-order valence-electron chi connectivity index (χ0n) is 16.0. The van der Waals surface area contributed by atoms with Gasteiger partial charge in [0.1, 0.15) is 0 Å². The Labute approximate surface area is 156 Å². The fourth-order valence-corrected chi connectivity index (χ4v) is 4.29. The van der Waals surface area contributed by atoms with Crippen molar-refractivity contribution < 1.29 is 13.2 Å². The number of amides is 1. The van der Waals surface area contributed by atoms with E-state index in [0.717, 1.165) is 16.7 Å². The van der Waals surface area contributed by atoms with Crippen LogP contribution in [0, 0.1) is 20.8 Å². The second kappa shape index (κ2) is 8.01. The maximum absolute atomic E-state index is 12.8. The summed E-state index contributed by atoms with van der Waals surface area (Å²) >= 11 is 0. The van der Waals surface area contributed by atoms with Crippen molar-refractivity contribution in [3.63, 3.8) is 0 Å². The third-order valence-electron chi connectivity index (χ3n) is 4.55. The number of hydrogen-bond donors (Lipinski definition) is 1. The number of rotatable bonds is 6. The molecule has 0 atom stereocenters. The summed E-state index contributed by atoms with van der Waals surface area (Å²) in [5, 5.41) is 2.85. The molecule has 0 unspecified atom stereocenters. The second-order valence-electron chi connectivity index (χ2n) is 6.32. The summed E-state index contributed by atoms with van der Waals surface area (Å²) in [6, 6.07) is 10.4. The number of benzene rings is 2. The molecule has 2 aromatic carbocycles. The molecular formula is C20H26N2O3S. The van der Waals surface area contributed by atoms with Crippen molar-refractivity contribution in [3.05, 3.63) is 58.7 Å². The van der Waals surface area contributed by atoms with Gasteiger partial charge in [0.05, 0.1) is 4.90 Å². The fraction of sp³-hybridized carbons (Fsp3) is 0.350. The monoisotopic (exact) mass is 374 g/mol. The summed E-state index contributed by atoms with van der Waals surface area (Å²) in [6.07, 6.45) is 0. The fourth-order valence-electron chi connectivity index (χ4n) is 2.72. The van der Waals surface area contributed by atoms with E-state index in [1.165, 1.54) is 4.31 Å². The van der Waals surface area contributed by atoms with Crippen molar-refractivity contribution in [1.82, 2.24) is 4.31 Å². The zero-order valence-corrected chi connectivity index (χ0v) is 16.8. The molecule has 0 fully saturated rings. The van der Waals surface area contributed by atoms with Crippen LogP contribution in [0.3, 0.4) is 0 Å². The molecule has 26 heavy (non-hydrogen) atoms. The van der Waals surface area contributed by atoms with E-state index >= 15 is 0 Å². The van der Waals surface area contributed by atoms with Crippen LogP contribution in [0.1, 0.15) is 40.9 Å². The molecule has 0 radical (unpaired) electrons. The molecule has 0 saturated heterocycles. The average Bonchev–Trinajstić information content (AvgIpc) is 2.60. The molecule has 0 aliphatic rings. The van der Waals surface area contributed by atoms with Gasteiger partial charge in [0.15, 0.2) is 0 Å². The topological polar surface area (TPSA) is 66.5 Å². The molecule has 1 amide bonds. The van der Waals surface area contributed by atoms with Crippen molar-refractivity contribution in [3.8, 4) is 0 Å². The lowest BCUT2D eigenvalue weighted by Gasteiger charge is -2.20. The summed E-state index contributed by atoms with van der Waals surface area (Å²) in [5.74, 6) is -0.259. The molecule has 0 heterocycles. The van der Waals surface area contributed by atoms with Crippen molar-refractivity contribution in [2.45, 2.75) is 39.5 Å². The SMILES string of the molecule is CCN(CC)S(=O)(=O)c1cc(C)c(C)c(NC(=O)c2ccc(C)cc2)c1. The van der Waals surface area contributed by atoms with Gasteiger partial charge in [0.25, 0.3) is 5.91 Å². The number of nitrogens with zero attached hydrogens (tertiary/aromatic N) is 1. The van der Waals surface area contributed by atoms with Gasteiger partial charge in [-0.3, -0.25) is 4.79 Å². The average molecular weight is 375 g/mol. The Morgan fingerprint density at radius 1 is 1.00 bits per heavy atom. The Bertz CT molecular complexity index is 899. The Morgan fingerprint density at radius 3 is 2.12 bits per heavy atom. The predicted octanol–water partition coefficient (Wildman–Crippen LogP) is 3.89. The third-order valence-corrected chi connectivity index (χ3v) is 6.57. The summed E-state index contributed by atoms with van der Waals surface area (Å²) < 4.78 is 27.0. The number of sulfonamides is 1. The molecule has 2 aromatic rings. The number of nitrogens with one attached hydrogen (secondary N) is 1. The summed E-state index contributed by atoms with van der Waals surface area (Å²) in [7, 11) is -3.59.